The van der Waals surface area contributed by atoms with E-state index in [9.17, 15) is 9.59 Å². The van der Waals surface area contributed by atoms with Gasteiger partial charge in [-0.05, 0) is 29.7 Å². The molecule has 140 valence electrons. The van der Waals surface area contributed by atoms with Crippen LogP contribution >= 0.6 is 0 Å². The lowest BCUT2D eigenvalue weighted by Gasteiger charge is -2.23. The van der Waals surface area contributed by atoms with Crippen molar-refractivity contribution in [1.82, 2.24) is 5.32 Å². The molecule has 0 fully saturated rings. The number of amides is 2. The van der Waals surface area contributed by atoms with Gasteiger partial charge in [0.15, 0.2) is 0 Å². The zero-order valence-electron chi connectivity index (χ0n) is 15.4. The van der Waals surface area contributed by atoms with Crippen LogP contribution in [0.2, 0.25) is 0 Å². The lowest BCUT2D eigenvalue weighted by atomic mass is 9.98. The molecule has 6 nitrogen and oxygen atoms in total. The number of alkyl carbamates (subject to hydrolysis) is 1. The SMILES string of the molecule is CC[C@H](C)[C@H](NC(=O)OCc1ccccc1)C(=O)Nc1cccc(C#N)c1. The highest BCUT2D eigenvalue weighted by atomic mass is 16.5. The number of ether oxygens (including phenoxy) is 1. The molecule has 6 heteroatoms. The highest BCUT2D eigenvalue weighted by Gasteiger charge is 2.26. The number of nitrogens with zero attached hydrogens (tertiary/aromatic N) is 1. The molecule has 2 aromatic rings. The van der Waals surface area contributed by atoms with Crippen molar-refractivity contribution in [3.8, 4) is 6.07 Å². The number of anilines is 1. The zero-order valence-corrected chi connectivity index (χ0v) is 15.4. The second-order valence-corrected chi connectivity index (χ2v) is 6.25. The quantitative estimate of drug-likeness (QED) is 0.780. The number of hydrogen-bond acceptors (Lipinski definition) is 4. The molecule has 0 aromatic heterocycles. The minimum atomic E-state index is -0.746. The summed E-state index contributed by atoms with van der Waals surface area (Å²) in [6.07, 6.45) is 0.0556. The fraction of sp³-hybridized carbons (Fsp3) is 0.286. The molecule has 27 heavy (non-hydrogen) atoms. The van der Waals surface area contributed by atoms with Crippen molar-refractivity contribution in [2.45, 2.75) is 32.9 Å². The van der Waals surface area contributed by atoms with Crippen LogP contribution in [0.4, 0.5) is 10.5 Å². The molecule has 0 spiro atoms. The number of carbonyl (C=O) groups is 2. The van der Waals surface area contributed by atoms with Crippen molar-refractivity contribution in [3.63, 3.8) is 0 Å². The molecule has 0 aliphatic carbocycles. The monoisotopic (exact) mass is 365 g/mol. The van der Waals surface area contributed by atoms with Crippen molar-refractivity contribution in [1.29, 1.82) is 5.26 Å². The number of hydrogen-bond donors (Lipinski definition) is 2. The van der Waals surface area contributed by atoms with Crippen molar-refractivity contribution < 1.29 is 14.3 Å². The van der Waals surface area contributed by atoms with Gasteiger partial charge in [0.2, 0.25) is 5.91 Å². The zero-order chi connectivity index (χ0) is 19.6. The van der Waals surface area contributed by atoms with E-state index in [2.05, 4.69) is 10.6 Å². The van der Waals surface area contributed by atoms with E-state index in [1.54, 1.807) is 24.3 Å². The van der Waals surface area contributed by atoms with Gasteiger partial charge in [-0.15, -0.1) is 0 Å². The van der Waals surface area contributed by atoms with Gasteiger partial charge in [0.25, 0.3) is 0 Å². The fourth-order valence-electron chi connectivity index (χ4n) is 2.48. The molecule has 0 saturated heterocycles. The molecule has 2 amide bonds. The van der Waals surface area contributed by atoms with Crippen LogP contribution in [0.1, 0.15) is 31.4 Å². The topological polar surface area (TPSA) is 91.2 Å². The summed E-state index contributed by atoms with van der Waals surface area (Å²) in [5.41, 5.74) is 1.82. The van der Waals surface area contributed by atoms with Crippen LogP contribution in [0.15, 0.2) is 54.6 Å². The molecule has 0 aliphatic rings. The van der Waals surface area contributed by atoms with Crippen LogP contribution in [0.3, 0.4) is 0 Å². The Bertz CT molecular complexity index is 815. The highest BCUT2D eigenvalue weighted by Crippen LogP contribution is 2.14. The smallest absolute Gasteiger partial charge is 0.408 e. The standard InChI is InChI=1S/C21H23N3O3/c1-3-15(2)19(20(25)23-18-11-7-10-17(12-18)13-22)24-21(26)27-14-16-8-5-4-6-9-16/h4-12,15,19H,3,14H2,1-2H3,(H,23,25)(H,24,26)/t15-,19-/m0/s1. The van der Waals surface area contributed by atoms with E-state index in [-0.39, 0.29) is 18.4 Å². The first-order valence-corrected chi connectivity index (χ1v) is 8.81. The maximum atomic E-state index is 12.7. The Labute approximate surface area is 159 Å². The Morgan fingerprint density at radius 3 is 2.56 bits per heavy atom. The number of rotatable bonds is 7. The van der Waals surface area contributed by atoms with Crippen LogP contribution in [0.25, 0.3) is 0 Å². The summed E-state index contributed by atoms with van der Waals surface area (Å²) >= 11 is 0. The molecule has 2 N–H and O–H groups in total. The van der Waals surface area contributed by atoms with Crippen LogP contribution in [0, 0.1) is 17.2 Å². The highest BCUT2D eigenvalue weighted by molar-refractivity contribution is 5.96. The van der Waals surface area contributed by atoms with Gasteiger partial charge in [0.1, 0.15) is 12.6 Å². The summed E-state index contributed by atoms with van der Waals surface area (Å²) in [5, 5.41) is 14.4. The number of carbonyl (C=O) groups excluding carboxylic acids is 2. The van der Waals surface area contributed by atoms with Crippen LogP contribution < -0.4 is 10.6 Å². The Kier molecular flexibility index (Phi) is 7.38. The van der Waals surface area contributed by atoms with Gasteiger partial charge in [-0.2, -0.15) is 5.26 Å². The van der Waals surface area contributed by atoms with Gasteiger partial charge in [-0.25, -0.2) is 4.79 Å². The van der Waals surface area contributed by atoms with E-state index in [1.807, 2.05) is 50.2 Å². The minimum absolute atomic E-state index is 0.0894. The van der Waals surface area contributed by atoms with Crippen LogP contribution in [-0.4, -0.2) is 18.0 Å². The Morgan fingerprint density at radius 1 is 1.15 bits per heavy atom. The van der Waals surface area contributed by atoms with Gasteiger partial charge in [-0.3, -0.25) is 4.79 Å². The fourth-order valence-corrected chi connectivity index (χ4v) is 2.48. The number of nitriles is 1. The maximum Gasteiger partial charge on any atom is 0.408 e. The maximum absolute atomic E-state index is 12.7. The normalized spacial score (nSPS) is 12.3. The van der Waals surface area contributed by atoms with Gasteiger partial charge >= 0.3 is 6.09 Å². The molecule has 0 aliphatic heterocycles. The summed E-state index contributed by atoms with van der Waals surface area (Å²) < 4.78 is 5.22. The molecule has 0 radical (unpaired) electrons. The molecule has 2 rings (SSSR count). The third kappa shape index (κ3) is 6.15. The van der Waals surface area contributed by atoms with E-state index < -0.39 is 12.1 Å². The molecule has 2 atom stereocenters. The molecule has 2 aromatic carbocycles. The molecule has 0 saturated carbocycles. The van der Waals surface area contributed by atoms with Gasteiger partial charge < -0.3 is 15.4 Å². The first-order valence-electron chi connectivity index (χ1n) is 8.81. The molecular formula is C21H23N3O3. The van der Waals surface area contributed by atoms with E-state index in [0.29, 0.717) is 17.7 Å². The predicted octanol–water partition coefficient (Wildman–Crippen LogP) is 3.84. The lowest BCUT2D eigenvalue weighted by molar-refractivity contribution is -0.119. The Morgan fingerprint density at radius 2 is 1.89 bits per heavy atom. The second-order valence-electron chi connectivity index (χ2n) is 6.25. The second kappa shape index (κ2) is 9.97. The molecule has 0 bridgehead atoms. The molecule has 0 heterocycles. The van der Waals surface area contributed by atoms with Crippen LogP contribution in [-0.2, 0) is 16.1 Å². The third-order valence-electron chi connectivity index (χ3n) is 4.24. The van der Waals surface area contributed by atoms with Crippen LogP contribution in [0.5, 0.6) is 0 Å². The van der Waals surface area contributed by atoms with Gasteiger partial charge in [-0.1, -0.05) is 56.7 Å². The number of nitrogens with one attached hydrogen (secondary N) is 2. The Hall–Kier alpha value is -3.33. The third-order valence-corrected chi connectivity index (χ3v) is 4.24. The summed E-state index contributed by atoms with van der Waals surface area (Å²) in [5.74, 6) is -0.440. The summed E-state index contributed by atoms with van der Waals surface area (Å²) in [6.45, 7) is 3.96. The predicted molar refractivity (Wildman–Crippen MR) is 103 cm³/mol. The summed E-state index contributed by atoms with van der Waals surface area (Å²) in [7, 11) is 0. The summed E-state index contributed by atoms with van der Waals surface area (Å²) in [6, 6.07) is 17.2. The largest absolute Gasteiger partial charge is 0.445 e. The van der Waals surface area contributed by atoms with Gasteiger partial charge in [0.05, 0.1) is 11.6 Å². The lowest BCUT2D eigenvalue weighted by Crippen LogP contribution is -2.47. The van der Waals surface area contributed by atoms with Gasteiger partial charge in [0, 0.05) is 5.69 Å². The van der Waals surface area contributed by atoms with E-state index in [0.717, 1.165) is 5.56 Å². The first-order chi connectivity index (χ1) is 13.0. The average Bonchev–Trinajstić information content (AvgIpc) is 2.70. The number of benzene rings is 2. The van der Waals surface area contributed by atoms with Crippen molar-refractivity contribution in [3.05, 3.63) is 65.7 Å². The van der Waals surface area contributed by atoms with Crippen molar-refractivity contribution in [2.75, 3.05) is 5.32 Å². The minimum Gasteiger partial charge on any atom is -0.445 e. The van der Waals surface area contributed by atoms with Crippen molar-refractivity contribution in [2.24, 2.45) is 5.92 Å². The van der Waals surface area contributed by atoms with E-state index in [4.69, 9.17) is 10.00 Å². The van der Waals surface area contributed by atoms with Crippen molar-refractivity contribution >= 4 is 17.7 Å². The molecular weight excluding hydrogens is 342 g/mol. The van der Waals surface area contributed by atoms with E-state index >= 15 is 0 Å². The summed E-state index contributed by atoms with van der Waals surface area (Å²) in [4.78, 5) is 24.8. The first kappa shape index (κ1) is 20.0. The Balaban J connectivity index is 1.99. The average molecular weight is 365 g/mol. The molecule has 0 unspecified atom stereocenters. The van der Waals surface area contributed by atoms with E-state index in [1.165, 1.54) is 0 Å².